The Hall–Kier alpha value is -3.12. The maximum Gasteiger partial charge on any atom is 0.267 e. The molecule has 1 aliphatic heterocycles. The molecule has 1 saturated heterocycles. The van der Waals surface area contributed by atoms with Gasteiger partial charge in [-0.15, -0.1) is 0 Å². The second-order valence-corrected chi connectivity index (χ2v) is 9.34. The molecule has 1 saturated carbocycles. The standard InChI is InChI=1S/C27H25FN2O2S/c1-32-24-16-15-18-9-5-6-12-20(18)21(24)17-25-26(31)30(19-10-3-2-4-11-19)27(33-25)29-23-14-8-7-13-22(23)28/h5-9,12-17,19H,2-4,10-11H2,1H3/b25-17-,29-27?. The molecular formula is C27H25FN2O2S. The Morgan fingerprint density at radius 3 is 2.58 bits per heavy atom. The first-order chi connectivity index (χ1) is 16.2. The van der Waals surface area contributed by atoms with E-state index in [1.165, 1.54) is 24.2 Å². The van der Waals surface area contributed by atoms with Crippen LogP contribution in [0.3, 0.4) is 0 Å². The fraction of sp³-hybridized carbons (Fsp3) is 0.259. The van der Waals surface area contributed by atoms with E-state index in [0.29, 0.717) is 15.8 Å². The summed E-state index contributed by atoms with van der Waals surface area (Å²) in [5, 5.41) is 2.63. The summed E-state index contributed by atoms with van der Waals surface area (Å²) >= 11 is 1.31. The first kappa shape index (κ1) is 21.7. The van der Waals surface area contributed by atoms with Crippen LogP contribution >= 0.6 is 11.8 Å². The molecule has 1 heterocycles. The Bertz CT molecular complexity index is 1260. The molecule has 4 nitrogen and oxygen atoms in total. The number of carbonyl (C=O) groups excluding carboxylic acids is 1. The molecule has 33 heavy (non-hydrogen) atoms. The number of nitrogens with zero attached hydrogens (tertiary/aromatic N) is 2. The average Bonchev–Trinajstić information content (AvgIpc) is 3.15. The Morgan fingerprint density at radius 2 is 1.79 bits per heavy atom. The van der Waals surface area contributed by atoms with Crippen molar-refractivity contribution >= 4 is 45.4 Å². The minimum atomic E-state index is -0.394. The predicted molar refractivity (Wildman–Crippen MR) is 133 cm³/mol. The van der Waals surface area contributed by atoms with Crippen LogP contribution in [-0.2, 0) is 4.79 Å². The molecule has 0 unspecified atom stereocenters. The molecule has 168 valence electrons. The third-order valence-electron chi connectivity index (χ3n) is 6.27. The highest BCUT2D eigenvalue weighted by atomic mass is 32.2. The molecule has 6 heteroatoms. The third-order valence-corrected chi connectivity index (χ3v) is 7.25. The highest BCUT2D eigenvalue weighted by molar-refractivity contribution is 8.18. The number of thioether (sulfide) groups is 1. The van der Waals surface area contributed by atoms with Gasteiger partial charge in [0.1, 0.15) is 17.3 Å². The number of ether oxygens (including phenoxy) is 1. The molecule has 3 aromatic rings. The molecule has 0 atom stereocenters. The van der Waals surface area contributed by atoms with E-state index in [2.05, 4.69) is 4.99 Å². The van der Waals surface area contributed by atoms with Crippen molar-refractivity contribution in [3.8, 4) is 5.75 Å². The van der Waals surface area contributed by atoms with Crippen LogP contribution in [-0.4, -0.2) is 29.1 Å². The van der Waals surface area contributed by atoms with E-state index < -0.39 is 5.82 Å². The van der Waals surface area contributed by atoms with Crippen LogP contribution in [0.1, 0.15) is 37.7 Å². The lowest BCUT2D eigenvalue weighted by atomic mass is 9.94. The molecule has 3 aromatic carbocycles. The zero-order valence-corrected chi connectivity index (χ0v) is 19.3. The zero-order chi connectivity index (χ0) is 22.8. The van der Waals surface area contributed by atoms with Crippen LogP contribution in [0.2, 0.25) is 0 Å². The van der Waals surface area contributed by atoms with Gasteiger partial charge >= 0.3 is 0 Å². The smallest absolute Gasteiger partial charge is 0.267 e. The second-order valence-electron chi connectivity index (χ2n) is 8.33. The van der Waals surface area contributed by atoms with Crippen LogP contribution in [0.4, 0.5) is 10.1 Å². The van der Waals surface area contributed by atoms with Crippen molar-refractivity contribution in [3.63, 3.8) is 0 Å². The van der Waals surface area contributed by atoms with Gasteiger partial charge in [-0.2, -0.15) is 0 Å². The Kier molecular flexibility index (Phi) is 6.18. The van der Waals surface area contributed by atoms with Gasteiger partial charge in [0.05, 0.1) is 12.0 Å². The van der Waals surface area contributed by atoms with Gasteiger partial charge < -0.3 is 4.74 Å². The van der Waals surface area contributed by atoms with Crippen molar-refractivity contribution in [3.05, 3.63) is 76.9 Å². The zero-order valence-electron chi connectivity index (χ0n) is 18.5. The molecule has 1 amide bonds. The lowest BCUT2D eigenvalue weighted by molar-refractivity contribution is -0.124. The summed E-state index contributed by atoms with van der Waals surface area (Å²) in [6.07, 6.45) is 7.13. The molecule has 0 aromatic heterocycles. The number of carbonyl (C=O) groups is 1. The van der Waals surface area contributed by atoms with E-state index in [0.717, 1.165) is 42.0 Å². The number of aliphatic imine (C=N–C) groups is 1. The van der Waals surface area contributed by atoms with E-state index in [-0.39, 0.29) is 17.6 Å². The van der Waals surface area contributed by atoms with Gasteiger partial charge in [0.25, 0.3) is 5.91 Å². The van der Waals surface area contributed by atoms with Gasteiger partial charge in [0.15, 0.2) is 5.17 Å². The topological polar surface area (TPSA) is 41.9 Å². The monoisotopic (exact) mass is 460 g/mol. The lowest BCUT2D eigenvalue weighted by Crippen LogP contribution is -2.40. The van der Waals surface area contributed by atoms with Crippen LogP contribution < -0.4 is 4.74 Å². The van der Waals surface area contributed by atoms with Crippen LogP contribution in [0.25, 0.3) is 16.8 Å². The molecule has 0 N–H and O–H groups in total. The number of hydrogen-bond acceptors (Lipinski definition) is 4. The number of benzene rings is 3. The molecular weight excluding hydrogens is 435 g/mol. The second kappa shape index (κ2) is 9.40. The van der Waals surface area contributed by atoms with Crippen LogP contribution in [0.5, 0.6) is 5.75 Å². The maximum atomic E-state index is 14.4. The largest absolute Gasteiger partial charge is 0.496 e. The molecule has 0 spiro atoms. The number of rotatable bonds is 4. The first-order valence-corrected chi connectivity index (χ1v) is 12.1. The summed E-state index contributed by atoms with van der Waals surface area (Å²) < 4.78 is 20.0. The average molecular weight is 461 g/mol. The number of amides is 1. The normalized spacial score (nSPS) is 19.7. The molecule has 0 radical (unpaired) electrons. The van der Waals surface area contributed by atoms with Crippen molar-refractivity contribution in [1.29, 1.82) is 0 Å². The Labute approximate surface area is 197 Å². The van der Waals surface area contributed by atoms with Crippen molar-refractivity contribution in [2.24, 2.45) is 4.99 Å². The highest BCUT2D eigenvalue weighted by Crippen LogP contribution is 2.40. The number of fused-ring (bicyclic) bond motifs is 1. The van der Waals surface area contributed by atoms with E-state index in [1.54, 1.807) is 30.2 Å². The summed E-state index contributed by atoms with van der Waals surface area (Å²) in [5.74, 6) is 0.241. The molecule has 2 aliphatic rings. The van der Waals surface area contributed by atoms with E-state index in [4.69, 9.17) is 4.74 Å². The number of hydrogen-bond donors (Lipinski definition) is 0. The van der Waals surface area contributed by atoms with Gasteiger partial charge in [-0.3, -0.25) is 9.69 Å². The number of para-hydroxylation sites is 1. The van der Waals surface area contributed by atoms with Crippen LogP contribution in [0, 0.1) is 5.82 Å². The molecule has 5 rings (SSSR count). The van der Waals surface area contributed by atoms with E-state index >= 15 is 0 Å². The summed E-state index contributed by atoms with van der Waals surface area (Å²) in [4.78, 5) is 20.6. The summed E-state index contributed by atoms with van der Waals surface area (Å²) in [7, 11) is 1.63. The minimum Gasteiger partial charge on any atom is -0.496 e. The Balaban J connectivity index is 1.61. The van der Waals surface area contributed by atoms with Crippen molar-refractivity contribution in [2.75, 3.05) is 7.11 Å². The highest BCUT2D eigenvalue weighted by Gasteiger charge is 2.39. The molecule has 2 fully saturated rings. The van der Waals surface area contributed by atoms with Gasteiger partial charge in [0, 0.05) is 11.6 Å². The summed E-state index contributed by atoms with van der Waals surface area (Å²) in [5.41, 5.74) is 1.11. The minimum absolute atomic E-state index is 0.0722. The summed E-state index contributed by atoms with van der Waals surface area (Å²) in [6.45, 7) is 0. The number of halogens is 1. The van der Waals surface area contributed by atoms with Gasteiger partial charge in [-0.25, -0.2) is 9.38 Å². The first-order valence-electron chi connectivity index (χ1n) is 11.3. The number of methoxy groups -OCH3 is 1. The van der Waals surface area contributed by atoms with Gasteiger partial charge in [-0.1, -0.05) is 61.7 Å². The molecule has 0 bridgehead atoms. The van der Waals surface area contributed by atoms with Gasteiger partial charge in [-0.05, 0) is 59.7 Å². The Morgan fingerprint density at radius 1 is 1.03 bits per heavy atom. The maximum absolute atomic E-state index is 14.4. The number of amidine groups is 1. The van der Waals surface area contributed by atoms with Gasteiger partial charge in [0.2, 0.25) is 0 Å². The third kappa shape index (κ3) is 4.27. The lowest BCUT2D eigenvalue weighted by Gasteiger charge is -2.30. The van der Waals surface area contributed by atoms with Crippen molar-refractivity contribution in [1.82, 2.24) is 4.90 Å². The fourth-order valence-corrected chi connectivity index (χ4v) is 5.64. The SMILES string of the molecule is COc1ccc2ccccc2c1/C=C1\SC(=Nc2ccccc2F)N(C2CCCCC2)C1=O. The van der Waals surface area contributed by atoms with E-state index in [9.17, 15) is 9.18 Å². The van der Waals surface area contributed by atoms with Crippen molar-refractivity contribution < 1.29 is 13.9 Å². The van der Waals surface area contributed by atoms with Crippen LogP contribution in [0.15, 0.2) is 70.6 Å². The summed E-state index contributed by atoms with van der Waals surface area (Å²) in [6, 6.07) is 18.5. The fourth-order valence-electron chi connectivity index (χ4n) is 4.60. The van der Waals surface area contributed by atoms with E-state index in [1.807, 2.05) is 42.5 Å². The van der Waals surface area contributed by atoms with Crippen molar-refractivity contribution in [2.45, 2.75) is 38.1 Å². The quantitative estimate of drug-likeness (QED) is 0.397. The molecule has 1 aliphatic carbocycles. The predicted octanol–water partition coefficient (Wildman–Crippen LogP) is 6.92.